The standard InChI is InChI=1S/C8H13N3O2S2/c1-15(12,13)3-2-14-8-6-10-7(4-9)5-11-8/h5-6H,2-4,9H2,1H3. The Hall–Kier alpha value is -0.660. The first kappa shape index (κ1) is 12.4. The molecule has 0 fully saturated rings. The van der Waals surface area contributed by atoms with E-state index in [9.17, 15) is 8.42 Å². The van der Waals surface area contributed by atoms with Crippen LogP contribution in [0, 0.1) is 0 Å². The van der Waals surface area contributed by atoms with Crippen molar-refractivity contribution >= 4 is 21.6 Å². The average Bonchev–Trinajstić information content (AvgIpc) is 2.17. The van der Waals surface area contributed by atoms with Crippen LogP contribution >= 0.6 is 11.8 Å². The number of hydrogen-bond acceptors (Lipinski definition) is 6. The maximum atomic E-state index is 10.9. The van der Waals surface area contributed by atoms with Gasteiger partial charge in [0.1, 0.15) is 14.9 Å². The van der Waals surface area contributed by atoms with Crippen LogP contribution in [0.15, 0.2) is 17.4 Å². The van der Waals surface area contributed by atoms with Crippen LogP contribution in [0.25, 0.3) is 0 Å². The fourth-order valence-electron chi connectivity index (χ4n) is 0.820. The van der Waals surface area contributed by atoms with Crippen LogP contribution in [-0.2, 0) is 16.4 Å². The topological polar surface area (TPSA) is 85.9 Å². The van der Waals surface area contributed by atoms with Gasteiger partial charge in [0.05, 0.1) is 23.8 Å². The summed E-state index contributed by atoms with van der Waals surface area (Å²) in [5.41, 5.74) is 6.09. The largest absolute Gasteiger partial charge is 0.325 e. The molecule has 2 N–H and O–H groups in total. The Morgan fingerprint density at radius 2 is 2.13 bits per heavy atom. The summed E-state index contributed by atoms with van der Waals surface area (Å²) in [6.45, 7) is 0.362. The van der Waals surface area contributed by atoms with E-state index in [0.29, 0.717) is 12.3 Å². The summed E-state index contributed by atoms with van der Waals surface area (Å²) in [5.74, 6) is 0.646. The molecule has 0 unspecified atom stereocenters. The molecule has 1 heterocycles. The summed E-state index contributed by atoms with van der Waals surface area (Å²) in [7, 11) is -2.90. The minimum atomic E-state index is -2.90. The molecule has 0 aliphatic rings. The molecule has 7 heteroatoms. The van der Waals surface area contributed by atoms with Crippen molar-refractivity contribution in [3.8, 4) is 0 Å². The number of nitrogens with two attached hydrogens (primary N) is 1. The van der Waals surface area contributed by atoms with Crippen LogP contribution < -0.4 is 5.73 Å². The third-order valence-electron chi connectivity index (χ3n) is 1.59. The van der Waals surface area contributed by atoms with Gasteiger partial charge in [-0.25, -0.2) is 13.4 Å². The molecule has 0 amide bonds. The minimum absolute atomic E-state index is 0.151. The Morgan fingerprint density at radius 1 is 1.40 bits per heavy atom. The van der Waals surface area contributed by atoms with Crippen molar-refractivity contribution in [3.05, 3.63) is 18.1 Å². The molecule has 5 nitrogen and oxygen atoms in total. The van der Waals surface area contributed by atoms with Crippen molar-refractivity contribution in [1.29, 1.82) is 0 Å². The zero-order chi connectivity index (χ0) is 11.3. The molecule has 1 aromatic rings. The second-order valence-corrected chi connectivity index (χ2v) is 6.40. The normalized spacial score (nSPS) is 11.6. The van der Waals surface area contributed by atoms with Crippen LogP contribution in [0.5, 0.6) is 0 Å². The van der Waals surface area contributed by atoms with E-state index in [1.807, 2.05) is 0 Å². The molecule has 0 radical (unpaired) electrons. The minimum Gasteiger partial charge on any atom is -0.325 e. The predicted molar refractivity (Wildman–Crippen MR) is 60.4 cm³/mol. The SMILES string of the molecule is CS(=O)(=O)CCSc1cnc(CN)cn1. The monoisotopic (exact) mass is 247 g/mol. The molecular weight excluding hydrogens is 234 g/mol. The fourth-order valence-corrected chi connectivity index (χ4v) is 2.83. The number of sulfone groups is 1. The maximum absolute atomic E-state index is 10.9. The lowest BCUT2D eigenvalue weighted by molar-refractivity contribution is 0.603. The quantitative estimate of drug-likeness (QED) is 0.741. The lowest BCUT2D eigenvalue weighted by Gasteiger charge is -2.00. The Labute approximate surface area is 93.4 Å². The van der Waals surface area contributed by atoms with E-state index in [1.54, 1.807) is 12.4 Å². The molecule has 0 aliphatic carbocycles. The van der Waals surface area contributed by atoms with Crippen LogP contribution in [-0.4, -0.2) is 36.1 Å². The van der Waals surface area contributed by atoms with Crippen LogP contribution in [0.1, 0.15) is 5.69 Å². The highest BCUT2D eigenvalue weighted by molar-refractivity contribution is 8.00. The van der Waals surface area contributed by atoms with E-state index in [4.69, 9.17) is 5.73 Å². The zero-order valence-electron chi connectivity index (χ0n) is 8.38. The van der Waals surface area contributed by atoms with Gasteiger partial charge in [0.2, 0.25) is 0 Å². The molecule has 0 saturated carbocycles. The highest BCUT2D eigenvalue weighted by Crippen LogP contribution is 2.13. The van der Waals surface area contributed by atoms with Gasteiger partial charge in [0.25, 0.3) is 0 Å². The van der Waals surface area contributed by atoms with Crippen LogP contribution in [0.4, 0.5) is 0 Å². The van der Waals surface area contributed by atoms with Gasteiger partial charge in [-0.1, -0.05) is 0 Å². The summed E-state index contributed by atoms with van der Waals surface area (Å²) in [6, 6.07) is 0. The highest BCUT2D eigenvalue weighted by Gasteiger charge is 2.03. The third kappa shape index (κ3) is 5.10. The van der Waals surface area contributed by atoms with E-state index in [1.165, 1.54) is 18.0 Å². The second-order valence-electron chi connectivity index (χ2n) is 3.03. The van der Waals surface area contributed by atoms with E-state index < -0.39 is 9.84 Å². The van der Waals surface area contributed by atoms with Gasteiger partial charge >= 0.3 is 0 Å². The summed E-state index contributed by atoms with van der Waals surface area (Å²) in [6.07, 6.45) is 4.43. The summed E-state index contributed by atoms with van der Waals surface area (Å²) >= 11 is 1.37. The highest BCUT2D eigenvalue weighted by atomic mass is 32.2. The van der Waals surface area contributed by atoms with Crippen LogP contribution in [0.2, 0.25) is 0 Å². The molecule has 15 heavy (non-hydrogen) atoms. The number of thioether (sulfide) groups is 1. The molecule has 0 bridgehead atoms. The van der Waals surface area contributed by atoms with Gasteiger partial charge in [0.15, 0.2) is 0 Å². The molecule has 84 valence electrons. The van der Waals surface area contributed by atoms with Gasteiger partial charge in [-0.2, -0.15) is 0 Å². The molecule has 0 spiro atoms. The van der Waals surface area contributed by atoms with Crippen molar-refractivity contribution in [1.82, 2.24) is 9.97 Å². The summed E-state index contributed by atoms with van der Waals surface area (Å²) < 4.78 is 21.7. The smallest absolute Gasteiger partial charge is 0.148 e. The number of nitrogens with zero attached hydrogens (tertiary/aromatic N) is 2. The van der Waals surface area contributed by atoms with Crippen molar-refractivity contribution in [3.63, 3.8) is 0 Å². The predicted octanol–water partition coefficient (Wildman–Crippen LogP) is 0.0720. The van der Waals surface area contributed by atoms with Crippen molar-refractivity contribution in [2.24, 2.45) is 5.73 Å². The molecule has 1 rings (SSSR count). The Bertz CT molecular complexity index is 402. The fraction of sp³-hybridized carbons (Fsp3) is 0.500. The Kier molecular flexibility index (Phi) is 4.49. The van der Waals surface area contributed by atoms with Gasteiger partial charge in [0, 0.05) is 18.6 Å². The van der Waals surface area contributed by atoms with Gasteiger partial charge in [-0.05, 0) is 0 Å². The molecule has 1 aromatic heterocycles. The molecular formula is C8H13N3O2S2. The van der Waals surface area contributed by atoms with Crippen molar-refractivity contribution in [2.75, 3.05) is 17.8 Å². The summed E-state index contributed by atoms with van der Waals surface area (Å²) in [4.78, 5) is 8.15. The first-order valence-corrected chi connectivity index (χ1v) is 7.37. The molecule has 0 aromatic carbocycles. The van der Waals surface area contributed by atoms with Crippen molar-refractivity contribution < 1.29 is 8.42 Å². The third-order valence-corrected chi connectivity index (χ3v) is 3.71. The zero-order valence-corrected chi connectivity index (χ0v) is 10.0. The molecule has 0 aliphatic heterocycles. The van der Waals surface area contributed by atoms with E-state index in [-0.39, 0.29) is 5.75 Å². The Morgan fingerprint density at radius 3 is 2.60 bits per heavy atom. The number of aromatic nitrogens is 2. The first-order valence-electron chi connectivity index (χ1n) is 4.33. The summed E-state index contributed by atoms with van der Waals surface area (Å²) in [5, 5.41) is 0.718. The second kappa shape index (κ2) is 5.43. The maximum Gasteiger partial charge on any atom is 0.148 e. The number of rotatable bonds is 5. The average molecular weight is 247 g/mol. The lowest BCUT2D eigenvalue weighted by atomic mass is 10.5. The van der Waals surface area contributed by atoms with Crippen LogP contribution in [0.3, 0.4) is 0 Å². The molecule has 0 saturated heterocycles. The van der Waals surface area contributed by atoms with Gasteiger partial charge < -0.3 is 5.73 Å². The first-order chi connectivity index (χ1) is 7.01. The van der Waals surface area contributed by atoms with E-state index >= 15 is 0 Å². The molecule has 0 atom stereocenters. The van der Waals surface area contributed by atoms with Crippen molar-refractivity contribution in [2.45, 2.75) is 11.6 Å². The van der Waals surface area contributed by atoms with Gasteiger partial charge in [-0.3, -0.25) is 4.98 Å². The lowest BCUT2D eigenvalue weighted by Crippen LogP contribution is -2.05. The van der Waals surface area contributed by atoms with E-state index in [2.05, 4.69) is 9.97 Å². The van der Waals surface area contributed by atoms with Gasteiger partial charge in [-0.15, -0.1) is 11.8 Å². The number of hydrogen-bond donors (Lipinski definition) is 1. The van der Waals surface area contributed by atoms with E-state index in [0.717, 1.165) is 10.7 Å². The Balaban J connectivity index is 2.45.